The molecule has 12 heavy (non-hydrogen) atoms. The lowest BCUT2D eigenvalue weighted by molar-refractivity contribution is 0.0290. The minimum atomic E-state index is 0.101. The molecule has 0 saturated carbocycles. The van der Waals surface area contributed by atoms with Crippen molar-refractivity contribution in [3.05, 3.63) is 36.4 Å². The first kappa shape index (κ1) is 8.77. The Morgan fingerprint density at radius 3 is 2.33 bits per heavy atom. The van der Waals surface area contributed by atoms with Crippen molar-refractivity contribution in [2.75, 3.05) is 5.23 Å². The van der Waals surface area contributed by atoms with E-state index in [0.29, 0.717) is 5.69 Å². The molecule has 0 unspecified atom stereocenters. The van der Waals surface area contributed by atoms with Crippen molar-refractivity contribution in [1.82, 2.24) is 0 Å². The zero-order valence-electron chi connectivity index (χ0n) is 6.86. The molecule has 0 aliphatic heterocycles. The summed E-state index contributed by atoms with van der Waals surface area (Å²) >= 11 is 0. The van der Waals surface area contributed by atoms with Crippen molar-refractivity contribution in [3.63, 3.8) is 0 Å². The van der Waals surface area contributed by atoms with Gasteiger partial charge < -0.3 is 0 Å². The van der Waals surface area contributed by atoms with Crippen LogP contribution in [0, 0.1) is 0 Å². The highest BCUT2D eigenvalue weighted by Crippen LogP contribution is 2.23. The third-order valence-electron chi connectivity index (χ3n) is 1.58. The number of nitrogens with zero attached hydrogens (tertiary/aromatic N) is 1. The predicted octanol–water partition coefficient (Wildman–Crippen LogP) is 2.30. The van der Waals surface area contributed by atoms with Crippen LogP contribution in [-0.2, 0) is 0 Å². The van der Waals surface area contributed by atoms with Crippen LogP contribution in [0.25, 0.3) is 5.57 Å². The van der Waals surface area contributed by atoms with Gasteiger partial charge >= 0.3 is 0 Å². The molecule has 0 amide bonds. The highest BCUT2D eigenvalue weighted by Gasteiger charge is 2.05. The second kappa shape index (κ2) is 3.38. The Kier molecular flexibility index (Phi) is 2.47. The molecule has 0 radical (unpaired) electrons. The largest absolute Gasteiger partial charge is 0.264 e. The molecule has 3 nitrogen and oxygen atoms in total. The van der Waals surface area contributed by atoms with Crippen LogP contribution in [0.4, 0.5) is 5.69 Å². The van der Waals surface area contributed by atoms with Crippen molar-refractivity contribution < 1.29 is 10.4 Å². The molecule has 0 spiro atoms. The van der Waals surface area contributed by atoms with Crippen molar-refractivity contribution >= 4 is 11.3 Å². The van der Waals surface area contributed by atoms with Crippen molar-refractivity contribution in [1.29, 1.82) is 0 Å². The first-order valence-corrected chi connectivity index (χ1v) is 3.55. The third-order valence-corrected chi connectivity index (χ3v) is 1.58. The summed E-state index contributed by atoms with van der Waals surface area (Å²) in [7, 11) is 0. The number of hydrogen-bond acceptors (Lipinski definition) is 3. The molecule has 0 aliphatic rings. The summed E-state index contributed by atoms with van der Waals surface area (Å²) < 4.78 is 0. The molecule has 1 aromatic carbocycles. The number of rotatable bonds is 2. The van der Waals surface area contributed by atoms with E-state index < -0.39 is 0 Å². The molecule has 1 aromatic rings. The van der Waals surface area contributed by atoms with E-state index in [9.17, 15) is 0 Å². The Hall–Kier alpha value is -1.32. The fraction of sp³-hybridized carbons (Fsp3) is 0.111. The molecule has 0 aromatic heterocycles. The summed E-state index contributed by atoms with van der Waals surface area (Å²) in [5.74, 6) is 0. The van der Waals surface area contributed by atoms with E-state index >= 15 is 0 Å². The van der Waals surface area contributed by atoms with Gasteiger partial charge in [-0.3, -0.25) is 10.4 Å². The number of hydrogen-bond donors (Lipinski definition) is 2. The lowest BCUT2D eigenvalue weighted by Gasteiger charge is -2.12. The Balaban J connectivity index is 3.17. The van der Waals surface area contributed by atoms with Gasteiger partial charge in [0, 0.05) is 5.56 Å². The zero-order chi connectivity index (χ0) is 9.14. The molecule has 0 saturated heterocycles. The average molecular weight is 165 g/mol. The summed E-state index contributed by atoms with van der Waals surface area (Å²) in [6.07, 6.45) is 0. The predicted molar refractivity (Wildman–Crippen MR) is 47.2 cm³/mol. The summed E-state index contributed by atoms with van der Waals surface area (Å²) in [6.45, 7) is 5.53. The molecule has 0 atom stereocenters. The molecule has 64 valence electrons. The maximum absolute atomic E-state index is 8.80. The van der Waals surface area contributed by atoms with E-state index in [-0.39, 0.29) is 5.23 Å². The number of para-hydroxylation sites is 1. The van der Waals surface area contributed by atoms with Crippen LogP contribution < -0.4 is 5.23 Å². The van der Waals surface area contributed by atoms with Gasteiger partial charge in [-0.15, -0.1) is 5.23 Å². The Bertz CT molecular complexity index is 294. The molecule has 0 bridgehead atoms. The maximum atomic E-state index is 8.80. The fourth-order valence-corrected chi connectivity index (χ4v) is 1.01. The fourth-order valence-electron chi connectivity index (χ4n) is 1.01. The van der Waals surface area contributed by atoms with E-state index in [0.717, 1.165) is 11.1 Å². The topological polar surface area (TPSA) is 43.7 Å². The summed E-state index contributed by atoms with van der Waals surface area (Å²) in [5, 5.41) is 17.7. The van der Waals surface area contributed by atoms with Gasteiger partial charge in [0.05, 0.1) is 0 Å². The van der Waals surface area contributed by atoms with E-state index in [1.165, 1.54) is 0 Å². The van der Waals surface area contributed by atoms with Gasteiger partial charge in [0.15, 0.2) is 0 Å². The Morgan fingerprint density at radius 1 is 1.33 bits per heavy atom. The van der Waals surface area contributed by atoms with E-state index in [4.69, 9.17) is 10.4 Å². The van der Waals surface area contributed by atoms with E-state index in [1.807, 2.05) is 13.0 Å². The first-order chi connectivity index (χ1) is 5.63. The molecular formula is C9H11NO2. The van der Waals surface area contributed by atoms with Gasteiger partial charge in [0.25, 0.3) is 0 Å². The smallest absolute Gasteiger partial charge is 0.102 e. The molecule has 3 heteroatoms. The summed E-state index contributed by atoms with van der Waals surface area (Å²) in [6, 6.07) is 6.92. The minimum absolute atomic E-state index is 0.101. The van der Waals surface area contributed by atoms with Crippen LogP contribution in [0.2, 0.25) is 0 Å². The Morgan fingerprint density at radius 2 is 1.92 bits per heavy atom. The minimum Gasteiger partial charge on any atom is -0.264 e. The highest BCUT2D eigenvalue weighted by atomic mass is 16.8. The molecule has 0 heterocycles. The van der Waals surface area contributed by atoms with Crippen LogP contribution >= 0.6 is 0 Å². The molecule has 1 rings (SSSR count). The SMILES string of the molecule is C=C(C)c1ccccc1N(O)O. The lowest BCUT2D eigenvalue weighted by atomic mass is 10.1. The molecule has 0 aliphatic carbocycles. The standard InChI is InChI=1S/C9H11NO2/c1-7(2)8-5-3-4-6-9(8)10(11)12/h3-6,11-12H,1H2,2H3. The number of allylic oxidation sites excluding steroid dienone is 1. The second-order valence-corrected chi connectivity index (χ2v) is 2.59. The van der Waals surface area contributed by atoms with Gasteiger partial charge in [-0.25, -0.2) is 0 Å². The molecule has 2 N–H and O–H groups in total. The van der Waals surface area contributed by atoms with E-state index in [1.54, 1.807) is 18.2 Å². The zero-order valence-corrected chi connectivity index (χ0v) is 6.86. The maximum Gasteiger partial charge on any atom is 0.102 e. The van der Waals surface area contributed by atoms with Gasteiger partial charge in [-0.1, -0.05) is 24.8 Å². The quantitative estimate of drug-likeness (QED) is 0.661. The van der Waals surface area contributed by atoms with Crippen LogP contribution in [-0.4, -0.2) is 10.4 Å². The second-order valence-electron chi connectivity index (χ2n) is 2.59. The highest BCUT2D eigenvalue weighted by molar-refractivity contribution is 5.73. The number of anilines is 1. The average Bonchev–Trinajstić information content (AvgIpc) is 2.04. The van der Waals surface area contributed by atoms with Crippen LogP contribution in [0.5, 0.6) is 0 Å². The first-order valence-electron chi connectivity index (χ1n) is 3.55. The van der Waals surface area contributed by atoms with Crippen molar-refractivity contribution in [2.24, 2.45) is 0 Å². The molecular weight excluding hydrogens is 154 g/mol. The normalized spacial score (nSPS) is 9.58. The van der Waals surface area contributed by atoms with Crippen LogP contribution in [0.3, 0.4) is 0 Å². The number of benzene rings is 1. The van der Waals surface area contributed by atoms with Gasteiger partial charge in [0.2, 0.25) is 0 Å². The Labute approximate surface area is 71.1 Å². The van der Waals surface area contributed by atoms with E-state index in [2.05, 4.69) is 6.58 Å². The summed E-state index contributed by atoms with van der Waals surface area (Å²) in [4.78, 5) is 0. The summed E-state index contributed by atoms with van der Waals surface area (Å²) in [5.41, 5.74) is 1.85. The van der Waals surface area contributed by atoms with Gasteiger partial charge in [-0.2, -0.15) is 0 Å². The monoisotopic (exact) mass is 165 g/mol. The lowest BCUT2D eigenvalue weighted by Crippen LogP contribution is -2.12. The van der Waals surface area contributed by atoms with Crippen molar-refractivity contribution in [2.45, 2.75) is 6.92 Å². The third kappa shape index (κ3) is 1.64. The van der Waals surface area contributed by atoms with Crippen LogP contribution in [0.15, 0.2) is 30.8 Å². The van der Waals surface area contributed by atoms with Gasteiger partial charge in [-0.05, 0) is 18.6 Å². The van der Waals surface area contributed by atoms with Crippen LogP contribution in [0.1, 0.15) is 12.5 Å². The van der Waals surface area contributed by atoms with Gasteiger partial charge in [0.1, 0.15) is 5.69 Å². The van der Waals surface area contributed by atoms with Crippen molar-refractivity contribution in [3.8, 4) is 0 Å². The molecule has 0 fully saturated rings.